The van der Waals surface area contributed by atoms with Gasteiger partial charge in [-0.2, -0.15) is 10.2 Å². The fourth-order valence-corrected chi connectivity index (χ4v) is 3.55. The van der Waals surface area contributed by atoms with E-state index in [2.05, 4.69) is 30.1 Å². The molecular weight excluding hydrogens is 500 g/mol. The van der Waals surface area contributed by atoms with Crippen molar-refractivity contribution in [1.82, 2.24) is 19.9 Å². The molecule has 0 radical (unpaired) electrons. The maximum Gasteiger partial charge on any atom is 0.158 e. The lowest BCUT2D eigenvalue weighted by atomic mass is 10.3. The van der Waals surface area contributed by atoms with Gasteiger partial charge in [0.05, 0.1) is 23.8 Å². The third-order valence-electron chi connectivity index (χ3n) is 5.58. The molecule has 0 aliphatic rings. The van der Waals surface area contributed by atoms with E-state index in [1.54, 1.807) is 63.3 Å². The van der Waals surface area contributed by atoms with Crippen LogP contribution in [0.25, 0.3) is 0 Å². The number of hydrazone groups is 2. The summed E-state index contributed by atoms with van der Waals surface area (Å²) in [7, 11) is 6.42. The van der Waals surface area contributed by atoms with Gasteiger partial charge in [-0.3, -0.25) is 9.97 Å². The van der Waals surface area contributed by atoms with Crippen LogP contribution in [-0.4, -0.2) is 86.5 Å². The first-order chi connectivity index (χ1) is 19.1. The van der Waals surface area contributed by atoms with Gasteiger partial charge >= 0.3 is 0 Å². The highest BCUT2D eigenvalue weighted by atomic mass is 16.7. The Morgan fingerprint density at radius 1 is 0.718 bits per heavy atom. The van der Waals surface area contributed by atoms with E-state index < -0.39 is 0 Å². The first-order valence-electron chi connectivity index (χ1n) is 12.5. The summed E-state index contributed by atoms with van der Waals surface area (Å²) in [4.78, 5) is 18.0. The van der Waals surface area contributed by atoms with Crippen molar-refractivity contribution in [3.8, 4) is 0 Å². The summed E-state index contributed by atoms with van der Waals surface area (Å²) < 4.78 is 21.5. The monoisotopic (exact) mass is 536 g/mol. The molecular formula is C27H36N8O4. The average molecular weight is 537 g/mol. The van der Waals surface area contributed by atoms with Gasteiger partial charge in [-0.05, 0) is 31.2 Å². The minimum Gasteiger partial charge on any atom is -0.356 e. The molecule has 0 fully saturated rings. The Morgan fingerprint density at radius 2 is 1.15 bits per heavy atom. The number of hydrogen-bond donors (Lipinski definition) is 0. The van der Waals surface area contributed by atoms with E-state index in [1.807, 2.05) is 49.4 Å². The van der Waals surface area contributed by atoms with E-state index in [4.69, 9.17) is 18.9 Å². The predicted molar refractivity (Wildman–Crippen MR) is 150 cm³/mol. The second-order valence-electron chi connectivity index (χ2n) is 8.26. The zero-order chi connectivity index (χ0) is 27.9. The molecule has 39 heavy (non-hydrogen) atoms. The molecule has 0 saturated heterocycles. The van der Waals surface area contributed by atoms with E-state index in [0.717, 1.165) is 11.4 Å². The van der Waals surface area contributed by atoms with E-state index in [-0.39, 0.29) is 12.6 Å². The van der Waals surface area contributed by atoms with Crippen molar-refractivity contribution in [3.05, 3.63) is 72.1 Å². The molecule has 0 unspecified atom stereocenters. The van der Waals surface area contributed by atoms with Gasteiger partial charge in [-0.1, -0.05) is 12.1 Å². The largest absolute Gasteiger partial charge is 0.356 e. The van der Waals surface area contributed by atoms with Crippen LogP contribution < -0.4 is 10.0 Å². The molecule has 0 spiro atoms. The number of hydrogen-bond acceptors (Lipinski definition) is 12. The highest BCUT2D eigenvalue weighted by molar-refractivity contribution is 5.78. The van der Waals surface area contributed by atoms with Crippen LogP contribution in [0, 0.1) is 6.92 Å². The molecule has 208 valence electrons. The van der Waals surface area contributed by atoms with Crippen molar-refractivity contribution in [3.63, 3.8) is 0 Å². The molecule has 0 amide bonds. The van der Waals surface area contributed by atoms with Crippen LogP contribution in [0.5, 0.6) is 0 Å². The fourth-order valence-electron chi connectivity index (χ4n) is 3.55. The molecule has 0 saturated carbocycles. The van der Waals surface area contributed by atoms with E-state index in [0.29, 0.717) is 43.4 Å². The van der Waals surface area contributed by atoms with Gasteiger partial charge in [0.25, 0.3) is 0 Å². The molecule has 3 aromatic rings. The first-order valence-corrected chi connectivity index (χ1v) is 12.5. The lowest BCUT2D eigenvalue weighted by molar-refractivity contribution is -0.104. The lowest BCUT2D eigenvalue weighted by Crippen LogP contribution is -2.28. The third kappa shape index (κ3) is 9.76. The van der Waals surface area contributed by atoms with Crippen molar-refractivity contribution >= 4 is 24.1 Å². The van der Waals surface area contributed by atoms with Crippen molar-refractivity contribution in [2.45, 2.75) is 32.3 Å². The zero-order valence-electron chi connectivity index (χ0n) is 23.0. The Labute approximate surface area is 229 Å². The molecule has 0 bridgehead atoms. The van der Waals surface area contributed by atoms with Gasteiger partial charge in [0.1, 0.15) is 5.82 Å². The number of ether oxygens (including phenoxy) is 4. The molecule has 0 N–H and O–H groups in total. The highest BCUT2D eigenvalue weighted by Crippen LogP contribution is 2.22. The number of aryl methyl sites for hydroxylation is 1. The molecule has 3 aromatic heterocycles. The summed E-state index contributed by atoms with van der Waals surface area (Å²) in [5.41, 5.74) is 1.44. The smallest absolute Gasteiger partial charge is 0.158 e. The SMILES string of the molecule is COC(CCN(/N=C/c1ccccn1)c1cc(N(CCC(OC)OC)/N=C/c2ccccn2)nc(C)n1)OC. The Balaban J connectivity index is 1.95. The molecule has 3 rings (SSSR count). The van der Waals surface area contributed by atoms with Crippen molar-refractivity contribution in [2.75, 3.05) is 51.5 Å². The number of nitrogens with zero attached hydrogens (tertiary/aromatic N) is 8. The minimum absolute atomic E-state index is 0.389. The molecule has 0 aliphatic heterocycles. The fraction of sp³-hybridized carbons (Fsp3) is 0.407. The van der Waals surface area contributed by atoms with Crippen LogP contribution in [-0.2, 0) is 18.9 Å². The summed E-state index contributed by atoms with van der Waals surface area (Å²) >= 11 is 0. The van der Waals surface area contributed by atoms with Gasteiger partial charge in [-0.25, -0.2) is 20.0 Å². The highest BCUT2D eigenvalue weighted by Gasteiger charge is 2.17. The summed E-state index contributed by atoms with van der Waals surface area (Å²) in [6, 6.07) is 13.1. The van der Waals surface area contributed by atoms with Gasteiger partial charge in [0.2, 0.25) is 0 Å². The second kappa shape index (κ2) is 16.2. The summed E-state index contributed by atoms with van der Waals surface area (Å²) in [5.74, 6) is 1.73. The Morgan fingerprint density at radius 3 is 1.51 bits per heavy atom. The van der Waals surface area contributed by atoms with Crippen LogP contribution in [0.15, 0.2) is 65.1 Å². The zero-order valence-corrected chi connectivity index (χ0v) is 23.0. The maximum atomic E-state index is 5.38. The van der Waals surface area contributed by atoms with E-state index >= 15 is 0 Å². The number of rotatable bonds is 16. The van der Waals surface area contributed by atoms with Crippen LogP contribution in [0.4, 0.5) is 11.6 Å². The Bertz CT molecular complexity index is 1070. The third-order valence-corrected chi connectivity index (χ3v) is 5.58. The van der Waals surface area contributed by atoms with Gasteiger partial charge < -0.3 is 18.9 Å². The van der Waals surface area contributed by atoms with Gasteiger partial charge in [-0.15, -0.1) is 0 Å². The first kappa shape index (κ1) is 29.7. The van der Waals surface area contributed by atoms with Crippen molar-refractivity contribution in [1.29, 1.82) is 0 Å². The Kier molecular flexibility index (Phi) is 12.3. The van der Waals surface area contributed by atoms with E-state index in [1.165, 1.54) is 0 Å². The molecule has 0 aliphatic carbocycles. The van der Waals surface area contributed by atoms with Crippen LogP contribution >= 0.6 is 0 Å². The average Bonchev–Trinajstić information content (AvgIpc) is 2.97. The van der Waals surface area contributed by atoms with Gasteiger partial charge in [0, 0.05) is 72.8 Å². The molecule has 0 atom stereocenters. The van der Waals surface area contributed by atoms with Crippen LogP contribution in [0.3, 0.4) is 0 Å². The molecule has 12 nitrogen and oxygen atoms in total. The summed E-state index contributed by atoms with van der Waals surface area (Å²) in [6.45, 7) is 2.77. The number of pyridine rings is 2. The van der Waals surface area contributed by atoms with Crippen molar-refractivity contribution in [2.24, 2.45) is 10.2 Å². The number of methoxy groups -OCH3 is 4. The number of anilines is 2. The normalized spacial score (nSPS) is 11.8. The van der Waals surface area contributed by atoms with Crippen LogP contribution in [0.2, 0.25) is 0 Å². The van der Waals surface area contributed by atoms with Gasteiger partial charge in [0.15, 0.2) is 24.2 Å². The Hall–Kier alpha value is -3.84. The molecule has 12 heteroatoms. The maximum absolute atomic E-state index is 5.38. The topological polar surface area (TPSA) is 120 Å². The summed E-state index contributed by atoms with van der Waals surface area (Å²) in [5, 5.41) is 12.9. The minimum atomic E-state index is -0.389. The quantitative estimate of drug-likeness (QED) is 0.153. The predicted octanol–water partition coefficient (Wildman–Crippen LogP) is 3.27. The van der Waals surface area contributed by atoms with Crippen molar-refractivity contribution < 1.29 is 18.9 Å². The molecule has 0 aromatic carbocycles. The molecule has 3 heterocycles. The lowest BCUT2D eigenvalue weighted by Gasteiger charge is -2.24. The van der Waals surface area contributed by atoms with Crippen LogP contribution in [0.1, 0.15) is 30.1 Å². The number of aromatic nitrogens is 4. The second-order valence-corrected chi connectivity index (χ2v) is 8.26. The van der Waals surface area contributed by atoms with E-state index in [9.17, 15) is 0 Å². The standard InChI is InChI=1S/C27H36N8O4/c1-21-32-24(34(16-12-26(36-2)37-3)30-19-22-10-6-8-14-28-22)18-25(33-21)35(17-13-27(38-4)39-5)31-20-23-11-7-9-15-29-23/h6-11,14-15,18-20,26-27H,12-13,16-17H2,1-5H3/b30-19+,31-20+. The summed E-state index contributed by atoms with van der Waals surface area (Å²) in [6.07, 6.45) is 7.13.